The molecule has 2 aliphatic rings. The van der Waals surface area contributed by atoms with E-state index in [9.17, 15) is 4.79 Å². The van der Waals surface area contributed by atoms with Crippen molar-refractivity contribution in [3.05, 3.63) is 34.9 Å². The lowest BCUT2D eigenvalue weighted by Crippen LogP contribution is -2.34. The van der Waals surface area contributed by atoms with Crippen molar-refractivity contribution >= 4 is 23.5 Å². The van der Waals surface area contributed by atoms with Gasteiger partial charge in [-0.15, -0.1) is 0 Å². The number of carboxylic acids is 1. The molecule has 3 unspecified atom stereocenters. The van der Waals surface area contributed by atoms with Crippen LogP contribution < -0.4 is 0 Å². The molecule has 1 saturated carbocycles. The zero-order valence-corrected chi connectivity index (χ0v) is 11.7. The number of aliphatic imine (C=N–C) groups is 1. The Kier molecular flexibility index (Phi) is 3.66. The van der Waals surface area contributed by atoms with Crippen molar-refractivity contribution in [1.29, 1.82) is 0 Å². The van der Waals surface area contributed by atoms with E-state index >= 15 is 0 Å². The molecule has 5 heteroatoms. The number of ether oxygens (including phenoxy) is 1. The molecule has 1 aliphatic carbocycles. The number of nitrogens with zero attached hydrogens (tertiary/aromatic N) is 1. The number of rotatable bonds is 3. The Balaban J connectivity index is 1.63. The van der Waals surface area contributed by atoms with Crippen LogP contribution in [0.5, 0.6) is 0 Å². The third-order valence-corrected chi connectivity index (χ3v) is 4.22. The van der Waals surface area contributed by atoms with Gasteiger partial charge in [-0.25, -0.2) is 4.99 Å². The van der Waals surface area contributed by atoms with Crippen LogP contribution >= 0.6 is 11.6 Å². The number of halogens is 1. The predicted octanol–water partition coefficient (Wildman–Crippen LogP) is 2.93. The largest absolute Gasteiger partial charge is 0.481 e. The van der Waals surface area contributed by atoms with Gasteiger partial charge in [-0.3, -0.25) is 4.79 Å². The van der Waals surface area contributed by atoms with Crippen LogP contribution in [0, 0.1) is 5.92 Å². The van der Waals surface area contributed by atoms with Crippen molar-refractivity contribution in [2.45, 2.75) is 37.8 Å². The molecule has 0 saturated heterocycles. The molecule has 0 radical (unpaired) electrons. The number of carbonyl (C=O) groups is 1. The third kappa shape index (κ3) is 2.80. The zero-order chi connectivity index (χ0) is 14.1. The summed E-state index contributed by atoms with van der Waals surface area (Å²) in [5.41, 5.74) is 1.10. The number of aliphatic carboxylic acids is 1. The Morgan fingerprint density at radius 3 is 2.80 bits per heavy atom. The number of hydrogen-bond acceptors (Lipinski definition) is 3. The minimum Gasteiger partial charge on any atom is -0.481 e. The Morgan fingerprint density at radius 2 is 2.10 bits per heavy atom. The quantitative estimate of drug-likeness (QED) is 0.932. The van der Waals surface area contributed by atoms with Gasteiger partial charge in [-0.1, -0.05) is 23.7 Å². The molecule has 1 N–H and O–H groups in total. The summed E-state index contributed by atoms with van der Waals surface area (Å²) in [6.07, 6.45) is 2.63. The molecule has 20 heavy (non-hydrogen) atoms. The molecule has 1 heterocycles. The SMILES string of the molecule is O=C(O)C1CCC2N=C(Cc3ccc(Cl)cc3)OC2C1. The molecule has 1 aliphatic heterocycles. The molecule has 0 aromatic heterocycles. The normalized spacial score (nSPS) is 28.4. The second-order valence-electron chi connectivity index (χ2n) is 5.40. The topological polar surface area (TPSA) is 58.9 Å². The fourth-order valence-corrected chi connectivity index (χ4v) is 2.99. The second-order valence-corrected chi connectivity index (χ2v) is 5.83. The first-order chi connectivity index (χ1) is 9.61. The van der Waals surface area contributed by atoms with E-state index in [0.717, 1.165) is 12.0 Å². The van der Waals surface area contributed by atoms with Crippen LogP contribution in [0.25, 0.3) is 0 Å². The number of benzene rings is 1. The first-order valence-electron chi connectivity index (χ1n) is 6.82. The zero-order valence-electron chi connectivity index (χ0n) is 11.0. The molecule has 1 aromatic carbocycles. The van der Waals surface area contributed by atoms with Gasteiger partial charge in [0.2, 0.25) is 0 Å². The first-order valence-corrected chi connectivity index (χ1v) is 7.20. The van der Waals surface area contributed by atoms with Crippen molar-refractivity contribution in [1.82, 2.24) is 0 Å². The van der Waals surface area contributed by atoms with Crippen molar-refractivity contribution in [3.8, 4) is 0 Å². The lowest BCUT2D eigenvalue weighted by molar-refractivity contribution is -0.143. The molecule has 0 spiro atoms. The Labute approximate surface area is 122 Å². The van der Waals surface area contributed by atoms with Gasteiger partial charge in [-0.2, -0.15) is 0 Å². The number of carboxylic acid groups (broad SMARTS) is 1. The van der Waals surface area contributed by atoms with Crippen LogP contribution in [0.1, 0.15) is 24.8 Å². The molecule has 1 fully saturated rings. The van der Waals surface area contributed by atoms with Gasteiger partial charge >= 0.3 is 5.97 Å². The van der Waals surface area contributed by atoms with E-state index in [4.69, 9.17) is 21.4 Å². The van der Waals surface area contributed by atoms with Crippen LogP contribution in [0.3, 0.4) is 0 Å². The van der Waals surface area contributed by atoms with Gasteiger partial charge < -0.3 is 9.84 Å². The van der Waals surface area contributed by atoms with E-state index in [1.54, 1.807) is 0 Å². The van der Waals surface area contributed by atoms with Crippen molar-refractivity contribution in [2.24, 2.45) is 10.9 Å². The van der Waals surface area contributed by atoms with E-state index in [2.05, 4.69) is 4.99 Å². The summed E-state index contributed by atoms with van der Waals surface area (Å²) < 4.78 is 5.83. The molecular formula is C15H16ClNO3. The Morgan fingerprint density at radius 1 is 1.35 bits per heavy atom. The maximum atomic E-state index is 11.0. The average molecular weight is 294 g/mol. The molecule has 1 aromatic rings. The molecular weight excluding hydrogens is 278 g/mol. The highest BCUT2D eigenvalue weighted by Crippen LogP contribution is 2.33. The van der Waals surface area contributed by atoms with Crippen LogP contribution in [-0.4, -0.2) is 29.1 Å². The van der Waals surface area contributed by atoms with Crippen LogP contribution in [0.4, 0.5) is 0 Å². The third-order valence-electron chi connectivity index (χ3n) is 3.97. The smallest absolute Gasteiger partial charge is 0.306 e. The highest BCUT2D eigenvalue weighted by molar-refractivity contribution is 6.30. The van der Waals surface area contributed by atoms with Crippen molar-refractivity contribution in [3.63, 3.8) is 0 Å². The summed E-state index contributed by atoms with van der Waals surface area (Å²) >= 11 is 5.86. The highest BCUT2D eigenvalue weighted by Gasteiger charge is 2.39. The van der Waals surface area contributed by atoms with E-state index in [0.29, 0.717) is 30.2 Å². The fourth-order valence-electron chi connectivity index (χ4n) is 2.87. The Hall–Kier alpha value is -1.55. The van der Waals surface area contributed by atoms with E-state index in [-0.39, 0.29) is 18.1 Å². The number of hydrogen-bond donors (Lipinski definition) is 1. The molecule has 0 bridgehead atoms. The minimum absolute atomic E-state index is 0.0628. The summed E-state index contributed by atoms with van der Waals surface area (Å²) in [5.74, 6) is -0.298. The van der Waals surface area contributed by atoms with Gasteiger partial charge in [0, 0.05) is 11.4 Å². The molecule has 3 atom stereocenters. The van der Waals surface area contributed by atoms with E-state index in [1.165, 1.54) is 0 Å². The van der Waals surface area contributed by atoms with Gasteiger partial charge in [0.25, 0.3) is 0 Å². The second kappa shape index (κ2) is 5.44. The standard InChI is InChI=1S/C15H16ClNO3/c16-11-4-1-9(2-5-11)7-14-17-12-6-3-10(15(18)19)8-13(12)20-14/h1-2,4-5,10,12-13H,3,6-8H2,(H,18,19). The Bertz CT molecular complexity index is 541. The predicted molar refractivity (Wildman–Crippen MR) is 76.2 cm³/mol. The molecule has 106 valence electrons. The summed E-state index contributed by atoms with van der Waals surface area (Å²) in [6.45, 7) is 0. The van der Waals surface area contributed by atoms with Gasteiger partial charge in [-0.05, 0) is 37.0 Å². The lowest BCUT2D eigenvalue weighted by atomic mass is 9.84. The van der Waals surface area contributed by atoms with Gasteiger partial charge in [0.15, 0.2) is 5.90 Å². The van der Waals surface area contributed by atoms with Gasteiger partial charge in [0.1, 0.15) is 6.10 Å². The monoisotopic (exact) mass is 293 g/mol. The minimum atomic E-state index is -0.724. The first kappa shape index (κ1) is 13.4. The average Bonchev–Trinajstić information content (AvgIpc) is 2.82. The summed E-state index contributed by atoms with van der Waals surface area (Å²) in [6, 6.07) is 7.74. The molecule has 0 amide bonds. The van der Waals surface area contributed by atoms with E-state index < -0.39 is 5.97 Å². The fraction of sp³-hybridized carbons (Fsp3) is 0.467. The van der Waals surface area contributed by atoms with Gasteiger partial charge in [0.05, 0.1) is 12.0 Å². The van der Waals surface area contributed by atoms with Crippen molar-refractivity contribution < 1.29 is 14.6 Å². The summed E-state index contributed by atoms with van der Waals surface area (Å²) in [7, 11) is 0. The summed E-state index contributed by atoms with van der Waals surface area (Å²) in [4.78, 5) is 15.6. The molecule has 4 nitrogen and oxygen atoms in total. The van der Waals surface area contributed by atoms with Crippen LogP contribution in [0.2, 0.25) is 5.02 Å². The van der Waals surface area contributed by atoms with Crippen molar-refractivity contribution in [2.75, 3.05) is 0 Å². The summed E-state index contributed by atoms with van der Waals surface area (Å²) in [5, 5.41) is 9.79. The lowest BCUT2D eigenvalue weighted by Gasteiger charge is -2.26. The van der Waals surface area contributed by atoms with Crippen LogP contribution in [0.15, 0.2) is 29.3 Å². The molecule has 3 rings (SSSR count). The van der Waals surface area contributed by atoms with Crippen LogP contribution in [-0.2, 0) is 16.0 Å². The van der Waals surface area contributed by atoms with E-state index in [1.807, 2.05) is 24.3 Å². The highest BCUT2D eigenvalue weighted by atomic mass is 35.5. The maximum Gasteiger partial charge on any atom is 0.306 e. The maximum absolute atomic E-state index is 11.0. The number of fused-ring (bicyclic) bond motifs is 1.